The van der Waals surface area contributed by atoms with Crippen molar-refractivity contribution in [1.82, 2.24) is 29.5 Å². The molecule has 0 saturated carbocycles. The van der Waals surface area contributed by atoms with Crippen LogP contribution in [0.4, 0.5) is 0 Å². The van der Waals surface area contributed by atoms with Gasteiger partial charge < -0.3 is 4.90 Å². The van der Waals surface area contributed by atoms with Crippen molar-refractivity contribution >= 4 is 5.91 Å². The van der Waals surface area contributed by atoms with Crippen molar-refractivity contribution in [3.8, 4) is 0 Å². The highest BCUT2D eigenvalue weighted by molar-refractivity contribution is 5.76. The largest absolute Gasteiger partial charge is 0.338 e. The van der Waals surface area contributed by atoms with Gasteiger partial charge in [-0.25, -0.2) is 9.97 Å². The van der Waals surface area contributed by atoms with Gasteiger partial charge in [0.05, 0.1) is 17.8 Å². The first-order chi connectivity index (χ1) is 13.1. The zero-order valence-electron chi connectivity index (χ0n) is 16.2. The van der Waals surface area contributed by atoms with Crippen LogP contribution in [0.1, 0.15) is 61.8 Å². The smallest absolute Gasteiger partial charge is 0.225 e. The van der Waals surface area contributed by atoms with Crippen molar-refractivity contribution in [3.63, 3.8) is 0 Å². The van der Waals surface area contributed by atoms with Crippen molar-refractivity contribution in [3.05, 3.63) is 41.7 Å². The molecule has 4 rings (SSSR count). The summed E-state index contributed by atoms with van der Waals surface area (Å²) >= 11 is 0. The Morgan fingerprint density at radius 1 is 1.33 bits per heavy atom. The molecule has 0 aliphatic carbocycles. The summed E-state index contributed by atoms with van der Waals surface area (Å²) in [4.78, 5) is 26.5. The average Bonchev–Trinajstić information content (AvgIpc) is 3.22. The summed E-state index contributed by atoms with van der Waals surface area (Å²) in [5, 5.41) is 4.23. The molecule has 1 fully saturated rings. The van der Waals surface area contributed by atoms with E-state index in [2.05, 4.69) is 22.0 Å². The molecule has 1 saturated heterocycles. The van der Waals surface area contributed by atoms with Crippen LogP contribution >= 0.6 is 0 Å². The van der Waals surface area contributed by atoms with Gasteiger partial charge in [-0.3, -0.25) is 14.4 Å². The van der Waals surface area contributed by atoms with Gasteiger partial charge >= 0.3 is 0 Å². The molecule has 0 aromatic carbocycles. The van der Waals surface area contributed by atoms with Gasteiger partial charge in [0, 0.05) is 50.1 Å². The number of aromatic nitrogens is 4. The van der Waals surface area contributed by atoms with Gasteiger partial charge in [-0.15, -0.1) is 0 Å². The van der Waals surface area contributed by atoms with Crippen molar-refractivity contribution in [1.29, 1.82) is 0 Å². The maximum Gasteiger partial charge on any atom is 0.225 e. The number of amides is 1. The van der Waals surface area contributed by atoms with Crippen molar-refractivity contribution in [2.24, 2.45) is 0 Å². The van der Waals surface area contributed by atoms with Crippen LogP contribution in [0.25, 0.3) is 0 Å². The Morgan fingerprint density at radius 2 is 2.22 bits per heavy atom. The average molecular weight is 368 g/mol. The van der Waals surface area contributed by atoms with E-state index in [1.54, 1.807) is 6.20 Å². The first-order valence-corrected chi connectivity index (χ1v) is 9.93. The molecule has 1 amide bonds. The number of nitrogens with zero attached hydrogens (tertiary/aromatic N) is 6. The number of carbonyl (C=O) groups is 1. The second kappa shape index (κ2) is 7.76. The Morgan fingerprint density at radius 3 is 3.00 bits per heavy atom. The second-order valence-electron chi connectivity index (χ2n) is 7.80. The molecule has 2 atom stereocenters. The maximum absolute atomic E-state index is 12.7. The Labute approximate surface area is 160 Å². The zero-order valence-corrected chi connectivity index (χ0v) is 16.2. The third kappa shape index (κ3) is 3.88. The van der Waals surface area contributed by atoms with Crippen molar-refractivity contribution < 1.29 is 4.79 Å². The fourth-order valence-corrected chi connectivity index (χ4v) is 4.12. The van der Waals surface area contributed by atoms with Crippen LogP contribution in [0, 0.1) is 0 Å². The number of hydrogen-bond acceptors (Lipinski definition) is 5. The van der Waals surface area contributed by atoms with Crippen LogP contribution in [-0.4, -0.2) is 55.6 Å². The first-order valence-electron chi connectivity index (χ1n) is 9.93. The number of piperidine rings is 1. The van der Waals surface area contributed by atoms with E-state index in [0.717, 1.165) is 43.0 Å². The van der Waals surface area contributed by atoms with Crippen LogP contribution in [0.2, 0.25) is 0 Å². The van der Waals surface area contributed by atoms with E-state index < -0.39 is 0 Å². The van der Waals surface area contributed by atoms with E-state index in [4.69, 9.17) is 4.98 Å². The lowest BCUT2D eigenvalue weighted by molar-refractivity contribution is -0.132. The molecule has 4 heterocycles. The van der Waals surface area contributed by atoms with E-state index in [-0.39, 0.29) is 11.9 Å². The predicted molar refractivity (Wildman–Crippen MR) is 102 cm³/mol. The van der Waals surface area contributed by atoms with Crippen LogP contribution in [0.3, 0.4) is 0 Å². The Kier molecular flexibility index (Phi) is 5.20. The summed E-state index contributed by atoms with van der Waals surface area (Å²) in [5.41, 5.74) is 2.20. The molecule has 0 spiro atoms. The fraction of sp³-hybridized carbons (Fsp3) is 0.600. The lowest BCUT2D eigenvalue weighted by atomic mass is 10.0. The lowest BCUT2D eigenvalue weighted by Crippen LogP contribution is -2.38. The van der Waals surface area contributed by atoms with Crippen LogP contribution in [-0.2, 0) is 17.8 Å². The molecule has 2 aliphatic rings. The minimum Gasteiger partial charge on any atom is -0.338 e. The molecule has 0 unspecified atom stereocenters. The molecule has 2 aromatic rings. The van der Waals surface area contributed by atoms with Gasteiger partial charge in [0.15, 0.2) is 0 Å². The van der Waals surface area contributed by atoms with Crippen LogP contribution in [0.5, 0.6) is 0 Å². The molecular weight excluding hydrogens is 340 g/mol. The zero-order chi connectivity index (χ0) is 18.8. The molecule has 7 heteroatoms. The van der Waals surface area contributed by atoms with Gasteiger partial charge in [-0.05, 0) is 39.4 Å². The molecule has 0 radical (unpaired) electrons. The highest BCUT2D eigenvalue weighted by Gasteiger charge is 2.27. The van der Waals surface area contributed by atoms with E-state index >= 15 is 0 Å². The summed E-state index contributed by atoms with van der Waals surface area (Å²) in [6, 6.07) is 2.28. The summed E-state index contributed by atoms with van der Waals surface area (Å²) in [5.74, 6) is 1.11. The van der Waals surface area contributed by atoms with Crippen LogP contribution in [0.15, 0.2) is 24.7 Å². The van der Waals surface area contributed by atoms with Crippen LogP contribution < -0.4 is 0 Å². The third-order valence-corrected chi connectivity index (χ3v) is 5.82. The lowest BCUT2D eigenvalue weighted by Gasteiger charge is -2.33. The van der Waals surface area contributed by atoms with Gasteiger partial charge in [0.1, 0.15) is 5.82 Å². The quantitative estimate of drug-likeness (QED) is 0.829. The van der Waals surface area contributed by atoms with Crippen molar-refractivity contribution in [2.45, 2.75) is 57.7 Å². The van der Waals surface area contributed by atoms with Crippen molar-refractivity contribution in [2.75, 3.05) is 20.1 Å². The molecule has 7 nitrogen and oxygen atoms in total. The predicted octanol–water partition coefficient (Wildman–Crippen LogP) is 2.37. The number of hydrogen-bond donors (Lipinski definition) is 0. The molecule has 0 N–H and O–H groups in total. The summed E-state index contributed by atoms with van der Waals surface area (Å²) in [7, 11) is 2.16. The molecule has 0 bridgehead atoms. The minimum atomic E-state index is 0.0642. The number of rotatable bonds is 4. The highest BCUT2D eigenvalue weighted by Crippen LogP contribution is 2.28. The van der Waals surface area contributed by atoms with E-state index in [0.29, 0.717) is 19.0 Å². The summed E-state index contributed by atoms with van der Waals surface area (Å²) < 4.78 is 1.84. The summed E-state index contributed by atoms with van der Waals surface area (Å²) in [6.45, 7) is 4.48. The van der Waals surface area contributed by atoms with Gasteiger partial charge in [0.2, 0.25) is 5.91 Å². The minimum absolute atomic E-state index is 0.0642. The highest BCUT2D eigenvalue weighted by atomic mass is 16.2. The topological polar surface area (TPSA) is 67.2 Å². The van der Waals surface area contributed by atoms with Gasteiger partial charge in [-0.1, -0.05) is 6.42 Å². The Hall–Kier alpha value is -2.28. The third-order valence-electron chi connectivity index (χ3n) is 5.82. The van der Waals surface area contributed by atoms with Gasteiger partial charge in [-0.2, -0.15) is 5.10 Å². The Balaban J connectivity index is 1.42. The number of likely N-dealkylation sites (tertiary alicyclic amines) is 1. The van der Waals surface area contributed by atoms with E-state index in [9.17, 15) is 4.79 Å². The van der Waals surface area contributed by atoms with E-state index in [1.165, 1.54) is 12.8 Å². The molecule has 2 aromatic heterocycles. The Bertz CT molecular complexity index is 790. The molecule has 2 aliphatic heterocycles. The SMILES string of the molecule is C[C@H](CC(=O)N1CCc2nc([C@H]3CCCCN3C)ncc2C1)n1cccn1. The monoisotopic (exact) mass is 368 g/mol. The maximum atomic E-state index is 12.7. The first kappa shape index (κ1) is 18.1. The number of fused-ring (bicyclic) bond motifs is 1. The molecular formula is C20H28N6O. The summed E-state index contributed by atoms with van der Waals surface area (Å²) in [6.07, 6.45) is 10.5. The fourth-order valence-electron chi connectivity index (χ4n) is 4.12. The van der Waals surface area contributed by atoms with Gasteiger partial charge in [0.25, 0.3) is 0 Å². The number of carbonyl (C=O) groups excluding carboxylic acids is 1. The second-order valence-corrected chi connectivity index (χ2v) is 7.80. The standard InChI is InChI=1S/C20H28N6O/c1-15(26-10-5-8-22-26)12-19(27)25-11-7-17-16(14-25)13-21-20(23-17)18-6-3-4-9-24(18)2/h5,8,10,13,15,18H,3-4,6-7,9,11-12,14H2,1-2H3/t15-,18-/m1/s1. The molecule has 27 heavy (non-hydrogen) atoms. The molecule has 144 valence electrons. The van der Waals surface area contributed by atoms with E-state index in [1.807, 2.05) is 35.0 Å². The normalized spacial score (nSPS) is 21.7.